The molecule has 7 nitrogen and oxygen atoms in total. The highest BCUT2D eigenvalue weighted by Gasteiger charge is 2.30. The number of rotatable bonds is 6. The van der Waals surface area contributed by atoms with Crippen molar-refractivity contribution in [2.45, 2.75) is 45.1 Å². The van der Waals surface area contributed by atoms with Crippen molar-refractivity contribution in [3.63, 3.8) is 0 Å². The van der Waals surface area contributed by atoms with Crippen LogP contribution in [0.2, 0.25) is 0 Å². The molecule has 3 rings (SSSR count). The highest BCUT2D eigenvalue weighted by Crippen LogP contribution is 2.38. The number of nitrogens with one attached hydrogen (secondary N) is 1. The lowest BCUT2D eigenvalue weighted by atomic mass is 9.92. The number of carbonyl (C=O) groups excluding carboxylic acids is 1. The van der Waals surface area contributed by atoms with Crippen LogP contribution in [0, 0.1) is 0 Å². The van der Waals surface area contributed by atoms with Crippen molar-refractivity contribution in [2.24, 2.45) is 0 Å². The molecule has 1 saturated heterocycles. The van der Waals surface area contributed by atoms with Gasteiger partial charge in [0, 0.05) is 29.2 Å². The van der Waals surface area contributed by atoms with E-state index in [1.807, 2.05) is 39.0 Å². The van der Waals surface area contributed by atoms with Crippen molar-refractivity contribution in [1.82, 2.24) is 10.1 Å². The van der Waals surface area contributed by atoms with E-state index in [0.29, 0.717) is 5.88 Å². The minimum atomic E-state index is -0.128. The lowest BCUT2D eigenvalue weighted by Crippen LogP contribution is -2.33. The Morgan fingerprint density at radius 2 is 2.07 bits per heavy atom. The number of hydrogen-bond acceptors (Lipinski definition) is 6. The number of nitrogens with zero attached hydrogens (tertiary/aromatic N) is 2. The van der Waals surface area contributed by atoms with Gasteiger partial charge >= 0.3 is 0 Å². The molecule has 0 radical (unpaired) electrons. The molecule has 2 aromatic rings. The second-order valence-corrected chi connectivity index (χ2v) is 8.11. The summed E-state index contributed by atoms with van der Waals surface area (Å²) in [5.41, 5.74) is 1.75. The molecule has 0 aliphatic carbocycles. The molecule has 1 fully saturated rings. The zero-order valence-electron chi connectivity index (χ0n) is 17.2. The lowest BCUT2D eigenvalue weighted by molar-refractivity contribution is -0.117. The Labute approximate surface area is 166 Å². The highest BCUT2D eigenvalue weighted by molar-refractivity contribution is 5.91. The van der Waals surface area contributed by atoms with E-state index in [4.69, 9.17) is 14.0 Å². The number of anilines is 1. The second-order valence-electron chi connectivity index (χ2n) is 8.11. The molecule has 1 amide bonds. The molecule has 1 atom stereocenters. The summed E-state index contributed by atoms with van der Waals surface area (Å²) in [6.07, 6.45) is 2.01. The van der Waals surface area contributed by atoms with Crippen LogP contribution in [0.1, 0.15) is 50.9 Å². The summed E-state index contributed by atoms with van der Waals surface area (Å²) in [6, 6.07) is 7.74. The van der Waals surface area contributed by atoms with Gasteiger partial charge in [0.25, 0.3) is 0 Å². The Morgan fingerprint density at radius 1 is 1.29 bits per heavy atom. The standard InChI is InChI=1S/C21H29N3O4/c1-21(2,3)18-12-20(28-23-18)22-19(25)13-24-10-6-7-16(24)15-9-8-14(26-4)11-17(15)27-5/h8-9,11-12,16H,6-7,10,13H2,1-5H3,(H,22,25). The summed E-state index contributed by atoms with van der Waals surface area (Å²) in [4.78, 5) is 14.7. The summed E-state index contributed by atoms with van der Waals surface area (Å²) in [5, 5.41) is 6.86. The van der Waals surface area contributed by atoms with Crippen molar-refractivity contribution in [3.8, 4) is 11.5 Å². The fourth-order valence-electron chi connectivity index (χ4n) is 3.51. The molecule has 2 heterocycles. The first-order valence-electron chi connectivity index (χ1n) is 9.55. The van der Waals surface area contributed by atoms with Crippen LogP contribution in [0.4, 0.5) is 5.88 Å². The maximum absolute atomic E-state index is 12.6. The van der Waals surface area contributed by atoms with Crippen LogP contribution in [0.3, 0.4) is 0 Å². The van der Waals surface area contributed by atoms with Crippen LogP contribution in [0.25, 0.3) is 0 Å². The summed E-state index contributed by atoms with van der Waals surface area (Å²) >= 11 is 0. The Hall–Kier alpha value is -2.54. The van der Waals surface area contributed by atoms with E-state index in [9.17, 15) is 4.79 Å². The van der Waals surface area contributed by atoms with Crippen molar-refractivity contribution < 1.29 is 18.8 Å². The van der Waals surface area contributed by atoms with Gasteiger partial charge in [-0.15, -0.1) is 0 Å². The van der Waals surface area contributed by atoms with Gasteiger partial charge in [0.1, 0.15) is 11.5 Å². The Balaban J connectivity index is 1.68. The van der Waals surface area contributed by atoms with E-state index in [2.05, 4.69) is 15.4 Å². The normalized spacial score (nSPS) is 17.5. The van der Waals surface area contributed by atoms with Crippen LogP contribution < -0.4 is 14.8 Å². The van der Waals surface area contributed by atoms with E-state index >= 15 is 0 Å². The molecule has 0 saturated carbocycles. The van der Waals surface area contributed by atoms with Gasteiger partial charge < -0.3 is 14.0 Å². The van der Waals surface area contributed by atoms with Crippen molar-refractivity contribution >= 4 is 11.8 Å². The Kier molecular flexibility index (Phi) is 5.93. The predicted octanol–water partition coefficient (Wildman–Crippen LogP) is 3.76. The fourth-order valence-corrected chi connectivity index (χ4v) is 3.51. The highest BCUT2D eigenvalue weighted by atomic mass is 16.5. The minimum Gasteiger partial charge on any atom is -0.497 e. The molecule has 0 spiro atoms. The average Bonchev–Trinajstić information content (AvgIpc) is 3.30. The Bertz CT molecular complexity index is 825. The number of aromatic nitrogens is 1. The average molecular weight is 387 g/mol. The number of carbonyl (C=O) groups is 1. The summed E-state index contributed by atoms with van der Waals surface area (Å²) < 4.78 is 16.1. The quantitative estimate of drug-likeness (QED) is 0.813. The number of likely N-dealkylation sites (tertiary alicyclic amines) is 1. The van der Waals surface area contributed by atoms with Crippen LogP contribution in [0.15, 0.2) is 28.8 Å². The first kappa shape index (κ1) is 20.2. The maximum Gasteiger partial charge on any atom is 0.240 e. The van der Waals surface area contributed by atoms with E-state index in [0.717, 1.165) is 42.1 Å². The third kappa shape index (κ3) is 4.47. The number of hydrogen-bond donors (Lipinski definition) is 1. The van der Waals surface area contributed by atoms with E-state index in [-0.39, 0.29) is 23.9 Å². The number of benzene rings is 1. The van der Waals surface area contributed by atoms with Gasteiger partial charge in [0.05, 0.1) is 26.5 Å². The number of methoxy groups -OCH3 is 2. The van der Waals surface area contributed by atoms with Gasteiger partial charge in [-0.25, -0.2) is 0 Å². The first-order chi connectivity index (χ1) is 13.3. The molecular weight excluding hydrogens is 358 g/mol. The van der Waals surface area contributed by atoms with Crippen molar-refractivity contribution in [1.29, 1.82) is 0 Å². The fraction of sp³-hybridized carbons (Fsp3) is 0.524. The van der Waals surface area contributed by atoms with Crippen molar-refractivity contribution in [2.75, 3.05) is 32.6 Å². The van der Waals surface area contributed by atoms with Gasteiger partial charge in [0.15, 0.2) is 0 Å². The Morgan fingerprint density at radius 3 is 2.71 bits per heavy atom. The van der Waals surface area contributed by atoms with Crippen LogP contribution in [-0.2, 0) is 10.2 Å². The topological polar surface area (TPSA) is 76.8 Å². The van der Waals surface area contributed by atoms with Gasteiger partial charge in [-0.2, -0.15) is 0 Å². The largest absolute Gasteiger partial charge is 0.497 e. The third-order valence-electron chi connectivity index (χ3n) is 5.05. The second kappa shape index (κ2) is 8.22. The summed E-state index contributed by atoms with van der Waals surface area (Å²) in [5.74, 6) is 1.80. The molecule has 1 aliphatic heterocycles. The van der Waals surface area contributed by atoms with E-state index < -0.39 is 0 Å². The summed E-state index contributed by atoms with van der Waals surface area (Å²) in [7, 11) is 3.29. The molecule has 1 unspecified atom stereocenters. The SMILES string of the molecule is COc1ccc(C2CCCN2CC(=O)Nc2cc(C(C)(C)C)no2)c(OC)c1. The zero-order chi connectivity index (χ0) is 20.3. The van der Waals surface area contributed by atoms with Gasteiger partial charge in [-0.1, -0.05) is 32.0 Å². The molecule has 28 heavy (non-hydrogen) atoms. The molecule has 0 bridgehead atoms. The van der Waals surface area contributed by atoms with Crippen molar-refractivity contribution in [3.05, 3.63) is 35.5 Å². The van der Waals surface area contributed by atoms with Crippen LogP contribution in [0.5, 0.6) is 11.5 Å². The smallest absolute Gasteiger partial charge is 0.240 e. The number of ether oxygens (including phenoxy) is 2. The maximum atomic E-state index is 12.6. The van der Waals surface area contributed by atoms with E-state index in [1.54, 1.807) is 20.3 Å². The predicted molar refractivity (Wildman–Crippen MR) is 107 cm³/mol. The molecule has 1 aliphatic rings. The van der Waals surface area contributed by atoms with Gasteiger partial charge in [-0.05, 0) is 25.5 Å². The first-order valence-corrected chi connectivity index (χ1v) is 9.55. The van der Waals surface area contributed by atoms with Crippen LogP contribution >= 0.6 is 0 Å². The zero-order valence-corrected chi connectivity index (χ0v) is 17.2. The van der Waals surface area contributed by atoms with Crippen LogP contribution in [-0.4, -0.2) is 43.3 Å². The van der Waals surface area contributed by atoms with Gasteiger partial charge in [-0.3, -0.25) is 15.0 Å². The number of amides is 1. The summed E-state index contributed by atoms with van der Waals surface area (Å²) in [6.45, 7) is 7.29. The molecule has 7 heteroatoms. The molecule has 1 N–H and O–H groups in total. The minimum absolute atomic E-state index is 0.115. The molecule has 152 valence electrons. The molecular formula is C21H29N3O4. The monoisotopic (exact) mass is 387 g/mol. The lowest BCUT2D eigenvalue weighted by Gasteiger charge is -2.25. The van der Waals surface area contributed by atoms with Gasteiger partial charge in [0.2, 0.25) is 11.8 Å². The van der Waals surface area contributed by atoms with E-state index in [1.165, 1.54) is 0 Å². The molecule has 1 aromatic heterocycles. The molecule has 1 aromatic carbocycles. The third-order valence-corrected chi connectivity index (χ3v) is 5.05.